The maximum atomic E-state index is 13.6. The molecule has 9 rings (SSSR count). The molecule has 2 N–H and O–H groups in total. The van der Waals surface area contributed by atoms with Gasteiger partial charge in [0.1, 0.15) is 35.3 Å². The number of aromatic nitrogens is 3. The summed E-state index contributed by atoms with van der Waals surface area (Å²) in [7, 11) is 0. The van der Waals surface area contributed by atoms with Gasteiger partial charge in [0.05, 0.1) is 34.6 Å². The van der Waals surface area contributed by atoms with Crippen molar-refractivity contribution in [3.63, 3.8) is 0 Å². The van der Waals surface area contributed by atoms with Gasteiger partial charge in [-0.3, -0.25) is 48.5 Å². The van der Waals surface area contributed by atoms with Crippen LogP contribution in [-0.4, -0.2) is 73.3 Å². The quantitative estimate of drug-likeness (QED) is 0.0905. The van der Waals surface area contributed by atoms with E-state index in [9.17, 15) is 28.8 Å². The number of hydrogen-bond acceptors (Lipinski definition) is 13. The Labute approximate surface area is 380 Å². The number of halogens is 1. The molecule has 326 valence electrons. The first-order valence-electron chi connectivity index (χ1n) is 20.6. The molecule has 0 saturated carbocycles. The third-order valence-corrected chi connectivity index (χ3v) is 12.8. The van der Waals surface area contributed by atoms with Crippen LogP contribution in [0.2, 0.25) is 5.02 Å². The standard InChI is InChI=1S/C47H38ClN9O7S/c1-24-25(2)65-47-40(24)42(28-9-11-29(48)12-10-28)50-35(43-55-52-26(3)56(43)47)22-39(60)49-30-15-17-32(18-16-30)54-53-31-13-7-27(8-14-31)21-33(58)23-64-37-6-4-5-34-41(37)46(63)57(45(34)62)36-19-20-38(59)51-44(36)61/h4-18,35-36H,19-23H2,1-3H3,(H,49,60)(H,51,59,61)/t35-,36?/m0/s1. The fourth-order valence-corrected chi connectivity index (χ4v) is 9.31. The van der Waals surface area contributed by atoms with Gasteiger partial charge in [0.2, 0.25) is 17.7 Å². The summed E-state index contributed by atoms with van der Waals surface area (Å²) in [5, 5.41) is 24.2. The third-order valence-electron chi connectivity index (χ3n) is 11.3. The highest BCUT2D eigenvalue weighted by Gasteiger charge is 2.46. The van der Waals surface area contributed by atoms with Crippen molar-refractivity contribution >= 4 is 81.0 Å². The van der Waals surface area contributed by atoms with Crippen molar-refractivity contribution in [2.75, 3.05) is 11.9 Å². The number of carbonyl (C=O) groups excluding carboxylic acids is 6. The topological polar surface area (TPSA) is 207 Å². The zero-order valence-corrected chi connectivity index (χ0v) is 36.7. The number of Topliss-reactive ketones (excluding diaryl/α,β-unsaturated/α-hetero) is 1. The van der Waals surface area contributed by atoms with Gasteiger partial charge < -0.3 is 10.1 Å². The van der Waals surface area contributed by atoms with Gasteiger partial charge in [-0.25, -0.2) is 0 Å². The molecular weight excluding hydrogens is 870 g/mol. The molecule has 0 radical (unpaired) electrons. The van der Waals surface area contributed by atoms with Crippen LogP contribution in [0.3, 0.4) is 0 Å². The van der Waals surface area contributed by atoms with E-state index in [0.29, 0.717) is 39.3 Å². The molecule has 0 spiro atoms. The number of ether oxygens (including phenoxy) is 1. The molecule has 65 heavy (non-hydrogen) atoms. The summed E-state index contributed by atoms with van der Waals surface area (Å²) in [5.41, 5.74) is 6.11. The van der Waals surface area contributed by atoms with E-state index in [1.807, 2.05) is 35.8 Å². The Hall–Kier alpha value is -7.50. The number of piperidine rings is 1. The number of aliphatic imine (C=N–C) groups is 1. The van der Waals surface area contributed by atoms with E-state index < -0.39 is 35.7 Å². The lowest BCUT2D eigenvalue weighted by Crippen LogP contribution is -2.54. The zero-order chi connectivity index (χ0) is 45.5. The number of anilines is 1. The predicted octanol–water partition coefficient (Wildman–Crippen LogP) is 7.84. The Morgan fingerprint density at radius 1 is 0.877 bits per heavy atom. The van der Waals surface area contributed by atoms with Crippen molar-refractivity contribution in [2.24, 2.45) is 15.2 Å². The summed E-state index contributed by atoms with van der Waals surface area (Å²) in [5.74, 6) is -1.77. The highest BCUT2D eigenvalue weighted by Crippen LogP contribution is 2.40. The molecular formula is C47H38ClN9O7S. The number of fused-ring (bicyclic) bond motifs is 4. The summed E-state index contributed by atoms with van der Waals surface area (Å²) in [4.78, 5) is 84.2. The monoisotopic (exact) mass is 907 g/mol. The first-order chi connectivity index (χ1) is 31.3. The lowest BCUT2D eigenvalue weighted by Gasteiger charge is -2.27. The van der Waals surface area contributed by atoms with Crippen molar-refractivity contribution in [3.8, 4) is 10.8 Å². The second-order valence-corrected chi connectivity index (χ2v) is 17.3. The normalized spacial score (nSPS) is 16.7. The minimum absolute atomic E-state index is 0.000254. The number of carbonyl (C=O) groups is 6. The van der Waals surface area contributed by atoms with Gasteiger partial charge in [-0.15, -0.1) is 21.5 Å². The Balaban J connectivity index is 0.803. The van der Waals surface area contributed by atoms with E-state index in [4.69, 9.17) is 21.3 Å². The predicted molar refractivity (Wildman–Crippen MR) is 241 cm³/mol. The maximum absolute atomic E-state index is 13.6. The maximum Gasteiger partial charge on any atom is 0.266 e. The van der Waals surface area contributed by atoms with Crippen molar-refractivity contribution in [2.45, 2.75) is 58.5 Å². The number of amides is 5. The Kier molecular flexibility index (Phi) is 11.6. The van der Waals surface area contributed by atoms with E-state index >= 15 is 0 Å². The van der Waals surface area contributed by atoms with Crippen LogP contribution in [0.25, 0.3) is 5.00 Å². The van der Waals surface area contributed by atoms with Gasteiger partial charge in [-0.1, -0.05) is 41.9 Å². The van der Waals surface area contributed by atoms with Crippen LogP contribution in [0.1, 0.15) is 84.8 Å². The molecule has 16 nitrogen and oxygen atoms in total. The number of nitrogens with zero attached hydrogens (tertiary/aromatic N) is 7. The van der Waals surface area contributed by atoms with Gasteiger partial charge >= 0.3 is 0 Å². The number of thiophene rings is 1. The van der Waals surface area contributed by atoms with Crippen molar-refractivity contribution < 1.29 is 33.5 Å². The van der Waals surface area contributed by atoms with Crippen LogP contribution in [0.15, 0.2) is 106 Å². The molecule has 5 amide bonds. The SMILES string of the molecule is Cc1sc2c(c1C)C(c1ccc(Cl)cc1)=N[C@@H](CC(=O)Nc1ccc(N=Nc3ccc(CC(=O)COc4cccc5c4C(=O)N(C4CCC(=O)NC4=O)C5=O)cc3)cc1)c1nnc(C)n1-2. The van der Waals surface area contributed by atoms with E-state index in [0.717, 1.165) is 37.2 Å². The molecule has 4 aromatic carbocycles. The minimum Gasteiger partial charge on any atom is -0.485 e. The summed E-state index contributed by atoms with van der Waals surface area (Å²) in [6, 6.07) is 24.1. The molecule has 2 atom stereocenters. The van der Waals surface area contributed by atoms with Crippen LogP contribution in [0.4, 0.5) is 17.1 Å². The summed E-state index contributed by atoms with van der Waals surface area (Å²) in [6.07, 6.45) is 0.0688. The number of aryl methyl sites for hydroxylation is 2. The molecule has 1 saturated heterocycles. The molecule has 6 aromatic rings. The van der Waals surface area contributed by atoms with Crippen LogP contribution in [0.5, 0.6) is 5.75 Å². The molecule has 5 heterocycles. The van der Waals surface area contributed by atoms with E-state index in [1.54, 1.807) is 59.9 Å². The van der Waals surface area contributed by atoms with Crippen LogP contribution in [-0.2, 0) is 25.6 Å². The molecule has 3 aliphatic heterocycles. The second-order valence-electron chi connectivity index (χ2n) is 15.7. The Morgan fingerprint density at radius 2 is 1.58 bits per heavy atom. The summed E-state index contributed by atoms with van der Waals surface area (Å²) >= 11 is 7.88. The van der Waals surface area contributed by atoms with Crippen LogP contribution < -0.4 is 15.4 Å². The highest BCUT2D eigenvalue weighted by molar-refractivity contribution is 7.15. The van der Waals surface area contributed by atoms with Crippen molar-refractivity contribution in [3.05, 3.63) is 146 Å². The largest absolute Gasteiger partial charge is 0.485 e. The molecule has 0 bridgehead atoms. The fraction of sp³-hybridized carbons (Fsp3) is 0.213. The molecule has 1 unspecified atom stereocenters. The number of imide groups is 2. The lowest BCUT2D eigenvalue weighted by atomic mass is 9.99. The molecule has 3 aliphatic rings. The van der Waals surface area contributed by atoms with Crippen molar-refractivity contribution in [1.82, 2.24) is 25.0 Å². The number of ketones is 1. The second kappa shape index (κ2) is 17.6. The smallest absolute Gasteiger partial charge is 0.266 e. The number of hydrogen-bond donors (Lipinski definition) is 2. The van der Waals surface area contributed by atoms with Gasteiger partial charge in [-0.05, 0) is 99.0 Å². The Morgan fingerprint density at radius 3 is 2.29 bits per heavy atom. The van der Waals surface area contributed by atoms with E-state index in [-0.39, 0.29) is 60.9 Å². The third kappa shape index (κ3) is 8.50. The molecule has 0 aliphatic carbocycles. The zero-order valence-electron chi connectivity index (χ0n) is 35.1. The minimum atomic E-state index is -1.12. The van der Waals surface area contributed by atoms with Gasteiger partial charge in [0, 0.05) is 39.6 Å². The molecule has 1 fully saturated rings. The lowest BCUT2D eigenvalue weighted by molar-refractivity contribution is -0.136. The highest BCUT2D eigenvalue weighted by atomic mass is 35.5. The number of azo groups is 1. The van der Waals surface area contributed by atoms with Crippen LogP contribution >= 0.6 is 22.9 Å². The van der Waals surface area contributed by atoms with Gasteiger partial charge in [-0.2, -0.15) is 10.2 Å². The summed E-state index contributed by atoms with van der Waals surface area (Å²) < 4.78 is 7.74. The number of nitrogens with one attached hydrogen (secondary N) is 2. The summed E-state index contributed by atoms with van der Waals surface area (Å²) in [6.45, 7) is 5.68. The number of benzene rings is 4. The fourth-order valence-electron chi connectivity index (χ4n) is 7.97. The number of rotatable bonds is 12. The first kappa shape index (κ1) is 42.8. The van der Waals surface area contributed by atoms with Gasteiger partial charge in [0.15, 0.2) is 11.6 Å². The van der Waals surface area contributed by atoms with Gasteiger partial charge in [0.25, 0.3) is 11.8 Å². The van der Waals surface area contributed by atoms with Crippen molar-refractivity contribution in [1.29, 1.82) is 0 Å². The average Bonchev–Trinajstić information content (AvgIpc) is 3.87. The van der Waals surface area contributed by atoms with Crippen LogP contribution in [0, 0.1) is 20.8 Å². The molecule has 18 heteroatoms. The first-order valence-corrected chi connectivity index (χ1v) is 21.8. The van der Waals surface area contributed by atoms with E-state index in [2.05, 4.69) is 44.9 Å². The molecule has 2 aromatic heterocycles. The average molecular weight is 908 g/mol. The van der Waals surface area contributed by atoms with E-state index in [1.165, 1.54) is 18.2 Å². The Bertz CT molecular complexity index is 3010.